The van der Waals surface area contributed by atoms with E-state index < -0.39 is 17.7 Å². The lowest BCUT2D eigenvalue weighted by Crippen LogP contribution is -2.31. The number of fused-ring (bicyclic) bond motifs is 1. The molecule has 184 valence electrons. The zero-order chi connectivity index (χ0) is 25.2. The lowest BCUT2D eigenvalue weighted by Gasteiger charge is -2.25. The Morgan fingerprint density at radius 1 is 0.944 bits per heavy atom. The number of hydrogen-bond acceptors (Lipinski definition) is 7. The van der Waals surface area contributed by atoms with E-state index in [0.29, 0.717) is 34.8 Å². The second-order valence-corrected chi connectivity index (χ2v) is 8.44. The van der Waals surface area contributed by atoms with Crippen molar-refractivity contribution in [1.29, 1.82) is 0 Å². The highest BCUT2D eigenvalue weighted by molar-refractivity contribution is 6.46. The van der Waals surface area contributed by atoms with Crippen LogP contribution in [-0.4, -0.2) is 49.3 Å². The van der Waals surface area contributed by atoms with Crippen LogP contribution in [0.4, 0.5) is 0 Å². The summed E-state index contributed by atoms with van der Waals surface area (Å²) >= 11 is 0. The van der Waals surface area contributed by atoms with Gasteiger partial charge in [-0.15, -0.1) is 0 Å². The van der Waals surface area contributed by atoms with E-state index in [1.165, 1.54) is 4.90 Å². The predicted molar refractivity (Wildman–Crippen MR) is 131 cm³/mol. The molecule has 0 saturated carbocycles. The van der Waals surface area contributed by atoms with Gasteiger partial charge < -0.3 is 29.0 Å². The molecule has 1 atom stereocenters. The predicted octanol–water partition coefficient (Wildman–Crippen LogP) is 4.10. The molecule has 0 radical (unpaired) electrons. The number of carbonyl (C=O) groups is 2. The molecule has 1 unspecified atom stereocenters. The average Bonchev–Trinajstić information content (AvgIpc) is 3.49. The number of carbonyl (C=O) groups excluding carboxylic acids is 2. The van der Waals surface area contributed by atoms with Gasteiger partial charge in [-0.3, -0.25) is 9.59 Å². The summed E-state index contributed by atoms with van der Waals surface area (Å²) in [6.07, 6.45) is 0.515. The molecule has 0 aromatic heterocycles. The molecule has 5 rings (SSSR count). The van der Waals surface area contributed by atoms with Crippen molar-refractivity contribution in [3.8, 4) is 23.0 Å². The van der Waals surface area contributed by atoms with E-state index >= 15 is 0 Å². The van der Waals surface area contributed by atoms with Crippen molar-refractivity contribution in [2.75, 3.05) is 27.6 Å². The van der Waals surface area contributed by atoms with Crippen molar-refractivity contribution < 1.29 is 33.6 Å². The topological polar surface area (TPSA) is 94.5 Å². The van der Waals surface area contributed by atoms with Crippen molar-refractivity contribution in [3.05, 3.63) is 89.0 Å². The zero-order valence-electron chi connectivity index (χ0n) is 19.9. The molecule has 36 heavy (non-hydrogen) atoms. The number of hydrogen-bond donors (Lipinski definition) is 1. The quantitative estimate of drug-likeness (QED) is 0.305. The number of methoxy groups -OCH3 is 2. The molecule has 2 aliphatic rings. The fraction of sp³-hybridized carbons (Fsp3) is 0.214. The summed E-state index contributed by atoms with van der Waals surface area (Å²) in [6, 6.07) is 18.8. The van der Waals surface area contributed by atoms with E-state index in [1.807, 2.05) is 30.3 Å². The van der Waals surface area contributed by atoms with Crippen LogP contribution in [-0.2, 0) is 16.0 Å². The largest absolute Gasteiger partial charge is 0.507 e. The van der Waals surface area contributed by atoms with Crippen LogP contribution in [0.3, 0.4) is 0 Å². The zero-order valence-corrected chi connectivity index (χ0v) is 19.9. The first-order valence-electron chi connectivity index (χ1n) is 11.5. The van der Waals surface area contributed by atoms with Crippen molar-refractivity contribution in [2.45, 2.75) is 12.5 Å². The number of benzene rings is 3. The molecule has 2 heterocycles. The van der Waals surface area contributed by atoms with Gasteiger partial charge in [0.15, 0.2) is 11.5 Å². The van der Waals surface area contributed by atoms with Gasteiger partial charge >= 0.3 is 0 Å². The molecule has 0 bridgehead atoms. The summed E-state index contributed by atoms with van der Waals surface area (Å²) in [4.78, 5) is 28.0. The number of rotatable bonds is 7. The normalized spacial score (nSPS) is 17.9. The number of aliphatic hydroxyl groups excluding tert-OH is 1. The number of aliphatic hydroxyl groups is 1. The van der Waals surface area contributed by atoms with Crippen LogP contribution in [0.5, 0.6) is 23.0 Å². The molecule has 1 saturated heterocycles. The number of amides is 1. The van der Waals surface area contributed by atoms with Gasteiger partial charge in [0.1, 0.15) is 17.3 Å². The Hall–Kier alpha value is -4.46. The van der Waals surface area contributed by atoms with Crippen LogP contribution in [0.15, 0.2) is 72.3 Å². The first kappa shape index (κ1) is 23.3. The number of ether oxygens (including phenoxy) is 4. The summed E-state index contributed by atoms with van der Waals surface area (Å²) in [5, 5.41) is 11.3. The maximum Gasteiger partial charge on any atom is 0.295 e. The van der Waals surface area contributed by atoms with E-state index in [4.69, 9.17) is 18.9 Å². The minimum absolute atomic E-state index is 0.0156. The monoisotopic (exact) mass is 487 g/mol. The number of Topliss-reactive ketones (excluding diaryl/α,β-unsaturated/α-hetero) is 1. The minimum atomic E-state index is -0.788. The van der Waals surface area contributed by atoms with Crippen molar-refractivity contribution in [2.24, 2.45) is 0 Å². The standard InChI is InChI=1S/C28H25NO7/c1-33-20-9-6-17(7-10-20)12-13-29-25(18-4-3-5-21(14-18)34-2)24(27(31)28(29)32)26(30)19-8-11-22-23(15-19)36-16-35-22/h3-11,14-15,25,30H,12-13,16H2,1-2H3/b26-24-. The smallest absolute Gasteiger partial charge is 0.295 e. The Balaban J connectivity index is 1.55. The molecule has 3 aromatic carbocycles. The summed E-state index contributed by atoms with van der Waals surface area (Å²) in [6.45, 7) is 0.357. The van der Waals surface area contributed by atoms with Crippen molar-refractivity contribution >= 4 is 17.4 Å². The van der Waals surface area contributed by atoms with Crippen LogP contribution in [0.1, 0.15) is 22.7 Å². The van der Waals surface area contributed by atoms with E-state index in [2.05, 4.69) is 0 Å². The number of likely N-dealkylation sites (tertiary alicyclic amines) is 1. The van der Waals surface area contributed by atoms with Gasteiger partial charge in [-0.05, 0) is 60.0 Å². The van der Waals surface area contributed by atoms with Crippen molar-refractivity contribution in [3.63, 3.8) is 0 Å². The van der Waals surface area contributed by atoms with Gasteiger partial charge in [-0.25, -0.2) is 0 Å². The maximum absolute atomic E-state index is 13.3. The third kappa shape index (κ3) is 4.22. The SMILES string of the molecule is COc1ccc(CCN2C(=O)C(=O)/C(=C(\O)c3ccc4c(c3)OCO4)C2c2cccc(OC)c2)cc1. The minimum Gasteiger partial charge on any atom is -0.507 e. The van der Waals surface area contributed by atoms with Gasteiger partial charge in [0.2, 0.25) is 6.79 Å². The summed E-state index contributed by atoms with van der Waals surface area (Å²) in [5.41, 5.74) is 2.02. The summed E-state index contributed by atoms with van der Waals surface area (Å²) in [5.74, 6) is 0.648. The first-order chi connectivity index (χ1) is 17.5. The Labute approximate surface area is 208 Å². The van der Waals surface area contributed by atoms with Crippen LogP contribution >= 0.6 is 0 Å². The molecule has 0 spiro atoms. The van der Waals surface area contributed by atoms with Gasteiger partial charge in [-0.2, -0.15) is 0 Å². The molecule has 2 aliphatic heterocycles. The highest BCUT2D eigenvalue weighted by atomic mass is 16.7. The van der Waals surface area contributed by atoms with Crippen LogP contribution in [0, 0.1) is 0 Å². The molecule has 1 fully saturated rings. The molecule has 3 aromatic rings. The first-order valence-corrected chi connectivity index (χ1v) is 11.5. The molecule has 8 nitrogen and oxygen atoms in total. The average molecular weight is 488 g/mol. The Morgan fingerprint density at radius 3 is 2.44 bits per heavy atom. The van der Waals surface area contributed by atoms with Crippen molar-refractivity contribution in [1.82, 2.24) is 4.90 Å². The molecule has 0 aliphatic carbocycles. The number of nitrogens with zero attached hydrogens (tertiary/aromatic N) is 1. The fourth-order valence-electron chi connectivity index (χ4n) is 4.51. The second-order valence-electron chi connectivity index (χ2n) is 8.44. The Kier molecular flexibility index (Phi) is 6.25. The fourth-order valence-corrected chi connectivity index (χ4v) is 4.51. The van der Waals surface area contributed by atoms with Gasteiger partial charge in [-0.1, -0.05) is 24.3 Å². The third-order valence-electron chi connectivity index (χ3n) is 6.40. The van der Waals surface area contributed by atoms with Gasteiger partial charge in [0.05, 0.1) is 25.8 Å². The van der Waals surface area contributed by atoms with Crippen LogP contribution in [0.25, 0.3) is 5.76 Å². The van der Waals surface area contributed by atoms with Crippen LogP contribution < -0.4 is 18.9 Å². The molecular formula is C28H25NO7. The van der Waals surface area contributed by atoms with Crippen LogP contribution in [0.2, 0.25) is 0 Å². The van der Waals surface area contributed by atoms with E-state index in [1.54, 1.807) is 50.6 Å². The van der Waals surface area contributed by atoms with E-state index in [0.717, 1.165) is 11.3 Å². The van der Waals surface area contributed by atoms with Gasteiger partial charge in [0, 0.05) is 12.1 Å². The number of ketones is 1. The Bertz CT molecular complexity index is 1350. The molecular weight excluding hydrogens is 462 g/mol. The highest BCUT2D eigenvalue weighted by Gasteiger charge is 2.46. The van der Waals surface area contributed by atoms with E-state index in [9.17, 15) is 14.7 Å². The highest BCUT2D eigenvalue weighted by Crippen LogP contribution is 2.42. The molecule has 8 heteroatoms. The maximum atomic E-state index is 13.3. The third-order valence-corrected chi connectivity index (χ3v) is 6.40. The summed E-state index contributed by atoms with van der Waals surface area (Å²) < 4.78 is 21.4. The second kappa shape index (κ2) is 9.65. The van der Waals surface area contributed by atoms with Gasteiger partial charge in [0.25, 0.3) is 11.7 Å². The molecule has 1 amide bonds. The van der Waals surface area contributed by atoms with E-state index in [-0.39, 0.29) is 24.7 Å². The lowest BCUT2D eigenvalue weighted by atomic mass is 9.95. The Morgan fingerprint density at radius 2 is 1.69 bits per heavy atom. The molecule has 1 N–H and O–H groups in total. The lowest BCUT2D eigenvalue weighted by molar-refractivity contribution is -0.139. The summed E-state index contributed by atoms with van der Waals surface area (Å²) in [7, 11) is 3.15.